The van der Waals surface area contributed by atoms with E-state index in [1.165, 1.54) is 48.7 Å². The second kappa shape index (κ2) is 18.0. The van der Waals surface area contributed by atoms with Crippen LogP contribution in [0.15, 0.2) is 34.3 Å². The number of nitrogens with zero attached hydrogens (tertiary/aromatic N) is 8. The molecule has 2 aromatic rings. The highest BCUT2D eigenvalue weighted by molar-refractivity contribution is 5.86. The first kappa shape index (κ1) is 43.5. The van der Waals surface area contributed by atoms with Gasteiger partial charge in [-0.25, -0.2) is 0 Å². The van der Waals surface area contributed by atoms with Crippen molar-refractivity contribution in [3.63, 3.8) is 0 Å². The van der Waals surface area contributed by atoms with Crippen molar-refractivity contribution in [2.75, 3.05) is 86.1 Å². The number of fused-ring (bicyclic) bond motifs is 2. The van der Waals surface area contributed by atoms with Crippen LogP contribution in [0.3, 0.4) is 0 Å². The molecule has 2 N–H and O–H groups in total. The summed E-state index contributed by atoms with van der Waals surface area (Å²) in [5, 5.41) is 23.2. The highest BCUT2D eigenvalue weighted by atomic mass is 16.3. The summed E-state index contributed by atoms with van der Waals surface area (Å²) in [6.45, 7) is 29.0. The molecule has 2 saturated heterocycles. The molecule has 0 aromatic heterocycles. The first-order valence-electron chi connectivity index (χ1n) is 22.3. The van der Waals surface area contributed by atoms with Crippen molar-refractivity contribution < 1.29 is 19.4 Å². The van der Waals surface area contributed by atoms with Gasteiger partial charge in [0, 0.05) is 49.2 Å². The first-order valence-corrected chi connectivity index (χ1v) is 22.3. The molecule has 0 aliphatic carbocycles. The molecule has 58 heavy (non-hydrogen) atoms. The fourth-order valence-corrected chi connectivity index (χ4v) is 9.17. The molecule has 0 unspecified atom stereocenters. The van der Waals surface area contributed by atoms with Gasteiger partial charge in [0.2, 0.25) is 0 Å². The molecule has 0 spiro atoms. The Morgan fingerprint density at radius 3 is 1.48 bits per heavy atom. The van der Waals surface area contributed by atoms with Gasteiger partial charge in [0.05, 0.1) is 91.6 Å². The summed E-state index contributed by atoms with van der Waals surface area (Å²) in [5.41, 5.74) is 5.25. The zero-order chi connectivity index (χ0) is 41.8. The van der Waals surface area contributed by atoms with Gasteiger partial charge in [-0.3, -0.25) is 38.7 Å². The van der Waals surface area contributed by atoms with Crippen LogP contribution in [0.4, 0.5) is 0 Å². The van der Waals surface area contributed by atoms with Crippen LogP contribution in [0.1, 0.15) is 127 Å². The lowest BCUT2D eigenvalue weighted by Gasteiger charge is -2.36. The van der Waals surface area contributed by atoms with E-state index in [0.29, 0.717) is 18.0 Å². The molecule has 0 radical (unpaired) electrons. The van der Waals surface area contributed by atoms with E-state index in [4.69, 9.17) is 9.98 Å². The SMILES string of the molecule is C[N+]1=C2N(CCCc3cc(C(C)(C)C)cc(C=NCC(C)(C)N=Cc4cc(C(C)(C)C)cc(CCCN5CCCN6CCC[N+](C)=C56)c4O)c3O)CCCN2CCC1. The van der Waals surface area contributed by atoms with Crippen molar-refractivity contribution in [1.82, 2.24) is 19.6 Å². The van der Waals surface area contributed by atoms with Crippen LogP contribution >= 0.6 is 0 Å². The summed E-state index contributed by atoms with van der Waals surface area (Å²) >= 11 is 0. The van der Waals surface area contributed by atoms with Crippen LogP contribution in [0, 0.1) is 0 Å². The van der Waals surface area contributed by atoms with Crippen LogP contribution in [0.2, 0.25) is 0 Å². The molecule has 4 aliphatic heterocycles. The molecule has 4 heterocycles. The summed E-state index contributed by atoms with van der Waals surface area (Å²) in [7, 11) is 4.45. The molecule has 318 valence electrons. The highest BCUT2D eigenvalue weighted by Gasteiger charge is 2.36. The number of phenols is 2. The minimum atomic E-state index is -0.517. The first-order chi connectivity index (χ1) is 27.4. The minimum absolute atomic E-state index is 0.0646. The largest absolute Gasteiger partial charge is 0.507 e. The van der Waals surface area contributed by atoms with Crippen molar-refractivity contribution in [2.45, 2.75) is 123 Å². The van der Waals surface area contributed by atoms with E-state index in [9.17, 15) is 10.2 Å². The molecular formula is C48H76N8O2+2. The molecule has 10 heteroatoms. The Balaban J connectivity index is 1.13. The lowest BCUT2D eigenvalue weighted by Crippen LogP contribution is -2.57. The summed E-state index contributed by atoms with van der Waals surface area (Å²) in [6, 6.07) is 8.60. The Morgan fingerprint density at radius 1 is 0.603 bits per heavy atom. The monoisotopic (exact) mass is 797 g/mol. The van der Waals surface area contributed by atoms with Crippen LogP contribution in [0.25, 0.3) is 0 Å². The van der Waals surface area contributed by atoms with Gasteiger partial charge in [-0.1, -0.05) is 53.7 Å². The van der Waals surface area contributed by atoms with E-state index < -0.39 is 5.54 Å². The van der Waals surface area contributed by atoms with Crippen molar-refractivity contribution in [2.24, 2.45) is 9.98 Å². The maximum atomic E-state index is 11.6. The predicted molar refractivity (Wildman–Crippen MR) is 241 cm³/mol. The third-order valence-corrected chi connectivity index (χ3v) is 12.5. The molecule has 0 amide bonds. The number of rotatable bonds is 13. The summed E-state index contributed by atoms with van der Waals surface area (Å²) in [5.74, 6) is 3.43. The van der Waals surface area contributed by atoms with Gasteiger partial charge >= 0.3 is 11.9 Å². The van der Waals surface area contributed by atoms with Gasteiger partial charge < -0.3 is 10.2 Å². The van der Waals surface area contributed by atoms with Crippen LogP contribution in [0.5, 0.6) is 11.5 Å². The number of hydrogen-bond donors (Lipinski definition) is 2. The number of aromatic hydroxyl groups is 2. The second-order valence-corrected chi connectivity index (χ2v) is 20.2. The Morgan fingerprint density at radius 2 is 1.03 bits per heavy atom. The lowest BCUT2D eigenvalue weighted by atomic mass is 9.84. The van der Waals surface area contributed by atoms with Crippen LogP contribution < -0.4 is 0 Å². The van der Waals surface area contributed by atoms with E-state index in [1.807, 2.05) is 12.4 Å². The van der Waals surface area contributed by atoms with E-state index >= 15 is 0 Å². The normalized spacial score (nSPS) is 18.6. The number of guanidine groups is 2. The van der Waals surface area contributed by atoms with Crippen molar-refractivity contribution in [3.8, 4) is 11.5 Å². The summed E-state index contributed by atoms with van der Waals surface area (Å²) in [4.78, 5) is 20.1. The standard InChI is InChI=1S/C48H74N8O2/c1-46(2,3)40-29-36(17-11-21-53-25-15-27-55-23-13-19-51(9)44(53)55)42(57)38(31-40)33-49-35-48(7,8)50-34-39-32-41(47(4,5)6)30-37(43(39)58)18-12-22-54-26-16-28-56-24-14-20-52(10)45(54)56/h29-34H,11-28,35H2,1-10H3/p+2. The molecule has 0 atom stereocenters. The predicted octanol–water partition coefficient (Wildman–Crippen LogP) is 6.69. The van der Waals surface area contributed by atoms with Gasteiger partial charge in [0.1, 0.15) is 11.5 Å². The zero-order valence-electron chi connectivity index (χ0n) is 37.9. The molecule has 0 saturated carbocycles. The molecular weight excluding hydrogens is 721 g/mol. The van der Waals surface area contributed by atoms with Crippen molar-refractivity contribution >= 4 is 24.3 Å². The fraction of sp³-hybridized carbons (Fsp3) is 0.667. The number of aliphatic imine (C=N–C) groups is 2. The van der Waals surface area contributed by atoms with Gasteiger partial charge in [-0.2, -0.15) is 0 Å². The minimum Gasteiger partial charge on any atom is -0.507 e. The van der Waals surface area contributed by atoms with Gasteiger partial charge in [0.25, 0.3) is 0 Å². The molecule has 0 bridgehead atoms. The van der Waals surface area contributed by atoms with Gasteiger partial charge in [0.15, 0.2) is 0 Å². The second-order valence-electron chi connectivity index (χ2n) is 20.2. The van der Waals surface area contributed by atoms with Crippen LogP contribution in [-0.4, -0.2) is 155 Å². The average Bonchev–Trinajstić information content (AvgIpc) is 3.15. The number of benzene rings is 2. The Labute approximate surface area is 350 Å². The van der Waals surface area contributed by atoms with E-state index in [1.54, 1.807) is 0 Å². The quantitative estimate of drug-likeness (QED) is 0.174. The average molecular weight is 797 g/mol. The van der Waals surface area contributed by atoms with Gasteiger partial charge in [-0.05, 0) is 84.7 Å². The lowest BCUT2D eigenvalue weighted by molar-refractivity contribution is -0.515. The summed E-state index contributed by atoms with van der Waals surface area (Å²) < 4.78 is 4.84. The molecule has 6 rings (SSSR count). The third kappa shape index (κ3) is 10.6. The van der Waals surface area contributed by atoms with E-state index in [-0.39, 0.29) is 10.8 Å². The molecule has 10 nitrogen and oxygen atoms in total. The Hall–Kier alpha value is -4.08. The highest BCUT2D eigenvalue weighted by Crippen LogP contribution is 2.33. The van der Waals surface area contributed by atoms with Gasteiger partial charge in [-0.15, -0.1) is 0 Å². The maximum absolute atomic E-state index is 11.6. The number of phenolic OH excluding ortho intramolecular Hbond substituents is 2. The van der Waals surface area contributed by atoms with E-state index in [2.05, 4.69) is 123 Å². The third-order valence-electron chi connectivity index (χ3n) is 12.5. The fourth-order valence-electron chi connectivity index (χ4n) is 9.17. The number of hydrogen-bond acceptors (Lipinski definition) is 8. The van der Waals surface area contributed by atoms with E-state index in [0.717, 1.165) is 113 Å². The van der Waals surface area contributed by atoms with Crippen LogP contribution in [-0.2, 0) is 23.7 Å². The van der Waals surface area contributed by atoms with Crippen molar-refractivity contribution in [1.29, 1.82) is 0 Å². The Bertz CT molecular complexity index is 1900. The smallest absolute Gasteiger partial charge is 0.350 e. The molecule has 2 aromatic carbocycles. The number of aryl methyl sites for hydroxylation is 2. The topological polar surface area (TPSA) is 84.2 Å². The maximum Gasteiger partial charge on any atom is 0.350 e. The zero-order valence-corrected chi connectivity index (χ0v) is 37.9. The Kier molecular flexibility index (Phi) is 13.5. The molecule has 4 aliphatic rings. The summed E-state index contributed by atoms with van der Waals surface area (Å²) in [6.07, 6.45) is 12.1. The molecule has 2 fully saturated rings. The van der Waals surface area contributed by atoms with Crippen molar-refractivity contribution in [3.05, 3.63) is 57.6 Å².